The highest BCUT2D eigenvalue weighted by Gasteiger charge is 2.15. The number of carbonyl (C=O) groups excluding carboxylic acids is 1. The highest BCUT2D eigenvalue weighted by atomic mass is 32.2. The average Bonchev–Trinajstić information content (AvgIpc) is 2.47. The summed E-state index contributed by atoms with van der Waals surface area (Å²) in [7, 11) is 1.59. The van der Waals surface area contributed by atoms with Crippen molar-refractivity contribution in [2.75, 3.05) is 36.2 Å². The number of rotatable bonds is 4. The zero-order chi connectivity index (χ0) is 13.5. The van der Waals surface area contributed by atoms with E-state index in [2.05, 4.69) is 10.6 Å². The maximum absolute atomic E-state index is 11.8. The molecule has 2 rings (SSSR count). The number of amides is 2. The van der Waals surface area contributed by atoms with E-state index >= 15 is 0 Å². The summed E-state index contributed by atoms with van der Waals surface area (Å²) in [5, 5.41) is 6.24. The van der Waals surface area contributed by atoms with Crippen LogP contribution in [-0.2, 0) is 0 Å². The Hall–Kier alpha value is -1.01. The topological polar surface area (TPSA) is 50.4 Å². The fourth-order valence-electron chi connectivity index (χ4n) is 1.78. The molecule has 0 saturated carbocycles. The van der Waals surface area contributed by atoms with Gasteiger partial charge in [0.15, 0.2) is 0 Å². The van der Waals surface area contributed by atoms with Crippen molar-refractivity contribution in [2.45, 2.75) is 5.25 Å². The minimum Gasteiger partial charge on any atom is -0.495 e. The van der Waals surface area contributed by atoms with Gasteiger partial charge in [0.25, 0.3) is 0 Å². The zero-order valence-corrected chi connectivity index (χ0v) is 12.5. The van der Waals surface area contributed by atoms with Crippen LogP contribution in [0.1, 0.15) is 0 Å². The standard InChI is InChI=1S/C13H18N2O2S2/c1-17-12-5-3-2-4-11(12)15-13(16)14-8-10-9-18-6-7-19-10/h2-5,10H,6-9H2,1H3,(H2,14,15,16)/t10-/m1/s1. The van der Waals surface area contributed by atoms with E-state index in [9.17, 15) is 4.79 Å². The van der Waals surface area contributed by atoms with E-state index in [1.54, 1.807) is 7.11 Å². The van der Waals surface area contributed by atoms with E-state index in [0.717, 1.165) is 5.75 Å². The van der Waals surface area contributed by atoms with Crippen LogP contribution in [0.5, 0.6) is 5.75 Å². The van der Waals surface area contributed by atoms with Gasteiger partial charge in [-0.15, -0.1) is 0 Å². The summed E-state index contributed by atoms with van der Waals surface area (Å²) in [6.07, 6.45) is 0. The molecule has 2 N–H and O–H groups in total. The molecule has 1 aliphatic rings. The van der Waals surface area contributed by atoms with Gasteiger partial charge >= 0.3 is 6.03 Å². The smallest absolute Gasteiger partial charge is 0.319 e. The molecule has 0 unspecified atom stereocenters. The van der Waals surface area contributed by atoms with Crippen LogP contribution in [0, 0.1) is 0 Å². The Balaban J connectivity index is 1.80. The Labute approximate surface area is 122 Å². The largest absolute Gasteiger partial charge is 0.495 e. The highest BCUT2D eigenvalue weighted by Crippen LogP contribution is 2.24. The molecule has 0 aliphatic carbocycles. The third-order valence-electron chi connectivity index (χ3n) is 2.73. The molecule has 1 atom stereocenters. The van der Waals surface area contributed by atoms with Crippen LogP contribution >= 0.6 is 23.5 Å². The molecule has 4 nitrogen and oxygen atoms in total. The van der Waals surface area contributed by atoms with E-state index < -0.39 is 0 Å². The van der Waals surface area contributed by atoms with Gasteiger partial charge in [-0.2, -0.15) is 23.5 Å². The normalized spacial score (nSPS) is 18.7. The zero-order valence-electron chi connectivity index (χ0n) is 10.8. The molecule has 6 heteroatoms. The quantitative estimate of drug-likeness (QED) is 0.897. The summed E-state index contributed by atoms with van der Waals surface area (Å²) < 4.78 is 5.19. The number of nitrogens with one attached hydrogen (secondary N) is 2. The summed E-state index contributed by atoms with van der Waals surface area (Å²) in [6, 6.07) is 7.21. The number of carbonyl (C=O) groups is 1. The van der Waals surface area contributed by atoms with Crippen LogP contribution in [-0.4, -0.2) is 42.2 Å². The maximum atomic E-state index is 11.8. The Kier molecular flexibility index (Phi) is 5.72. The average molecular weight is 298 g/mol. The molecule has 2 amide bonds. The summed E-state index contributed by atoms with van der Waals surface area (Å²) in [5.74, 6) is 4.17. The predicted molar refractivity (Wildman–Crippen MR) is 83.6 cm³/mol. The highest BCUT2D eigenvalue weighted by molar-refractivity contribution is 8.06. The Bertz CT molecular complexity index is 423. The number of hydrogen-bond donors (Lipinski definition) is 2. The molecule has 0 bridgehead atoms. The second kappa shape index (κ2) is 7.55. The van der Waals surface area contributed by atoms with Crippen molar-refractivity contribution < 1.29 is 9.53 Å². The first-order chi connectivity index (χ1) is 9.29. The summed E-state index contributed by atoms with van der Waals surface area (Å²) in [4.78, 5) is 11.8. The van der Waals surface area contributed by atoms with Gasteiger partial charge in [0.1, 0.15) is 5.75 Å². The number of ether oxygens (including phenoxy) is 1. The second-order valence-corrected chi connectivity index (χ2v) is 6.66. The van der Waals surface area contributed by atoms with Gasteiger partial charge in [-0.05, 0) is 12.1 Å². The van der Waals surface area contributed by atoms with E-state index in [1.165, 1.54) is 11.5 Å². The van der Waals surface area contributed by atoms with Crippen molar-refractivity contribution >= 4 is 35.2 Å². The number of hydrogen-bond acceptors (Lipinski definition) is 4. The van der Waals surface area contributed by atoms with E-state index in [0.29, 0.717) is 23.2 Å². The Morgan fingerprint density at radius 2 is 2.26 bits per heavy atom. The van der Waals surface area contributed by atoms with Gasteiger partial charge in [0, 0.05) is 29.1 Å². The molecule has 1 aliphatic heterocycles. The molecular formula is C13H18N2O2S2. The van der Waals surface area contributed by atoms with E-state index in [4.69, 9.17) is 4.74 Å². The fourth-order valence-corrected chi connectivity index (χ4v) is 4.39. The van der Waals surface area contributed by atoms with Gasteiger partial charge < -0.3 is 15.4 Å². The van der Waals surface area contributed by atoms with Gasteiger partial charge in [-0.3, -0.25) is 0 Å². The molecular weight excluding hydrogens is 280 g/mol. The molecule has 104 valence electrons. The van der Waals surface area contributed by atoms with Gasteiger partial charge in [0.2, 0.25) is 0 Å². The SMILES string of the molecule is COc1ccccc1NC(=O)NC[C@@H]1CSCCS1. The first-order valence-corrected chi connectivity index (χ1v) is 8.37. The van der Waals surface area contributed by atoms with Gasteiger partial charge in [-0.1, -0.05) is 12.1 Å². The monoisotopic (exact) mass is 298 g/mol. The van der Waals surface area contributed by atoms with Crippen molar-refractivity contribution in [2.24, 2.45) is 0 Å². The molecule has 19 heavy (non-hydrogen) atoms. The van der Waals surface area contributed by atoms with Crippen molar-refractivity contribution in [3.05, 3.63) is 24.3 Å². The molecule has 1 aromatic rings. The molecule has 1 heterocycles. The Morgan fingerprint density at radius 3 is 3.00 bits per heavy atom. The van der Waals surface area contributed by atoms with E-state index in [1.807, 2.05) is 47.8 Å². The van der Waals surface area contributed by atoms with Crippen LogP contribution in [0.15, 0.2) is 24.3 Å². The summed E-state index contributed by atoms with van der Waals surface area (Å²) in [6.45, 7) is 0.707. The minimum atomic E-state index is -0.180. The van der Waals surface area contributed by atoms with Crippen LogP contribution in [0.2, 0.25) is 0 Å². The first kappa shape index (κ1) is 14.4. The summed E-state index contributed by atoms with van der Waals surface area (Å²) >= 11 is 3.88. The lowest BCUT2D eigenvalue weighted by molar-refractivity contribution is 0.252. The minimum absolute atomic E-state index is 0.180. The maximum Gasteiger partial charge on any atom is 0.319 e. The van der Waals surface area contributed by atoms with Crippen molar-refractivity contribution in [1.82, 2.24) is 5.32 Å². The third-order valence-corrected chi connectivity index (χ3v) is 5.58. The number of methoxy groups -OCH3 is 1. The Morgan fingerprint density at radius 1 is 1.42 bits per heavy atom. The fraction of sp³-hybridized carbons (Fsp3) is 0.462. The van der Waals surface area contributed by atoms with Crippen molar-refractivity contribution in [1.29, 1.82) is 0 Å². The molecule has 0 spiro atoms. The lowest BCUT2D eigenvalue weighted by atomic mass is 10.3. The second-order valence-electron chi connectivity index (χ2n) is 4.10. The van der Waals surface area contributed by atoms with Crippen LogP contribution in [0.3, 0.4) is 0 Å². The number of thioether (sulfide) groups is 2. The van der Waals surface area contributed by atoms with Gasteiger partial charge in [0.05, 0.1) is 12.8 Å². The van der Waals surface area contributed by atoms with Crippen LogP contribution < -0.4 is 15.4 Å². The van der Waals surface area contributed by atoms with Crippen molar-refractivity contribution in [3.8, 4) is 5.75 Å². The number of para-hydroxylation sites is 2. The number of benzene rings is 1. The molecule has 0 aromatic heterocycles. The molecule has 1 fully saturated rings. The molecule has 1 aromatic carbocycles. The molecule has 1 saturated heterocycles. The van der Waals surface area contributed by atoms with Gasteiger partial charge in [-0.25, -0.2) is 4.79 Å². The lowest BCUT2D eigenvalue weighted by Crippen LogP contribution is -2.36. The molecule has 0 radical (unpaired) electrons. The van der Waals surface area contributed by atoms with E-state index in [-0.39, 0.29) is 6.03 Å². The lowest BCUT2D eigenvalue weighted by Gasteiger charge is -2.21. The number of urea groups is 1. The van der Waals surface area contributed by atoms with Crippen LogP contribution in [0.25, 0.3) is 0 Å². The summed E-state index contributed by atoms with van der Waals surface area (Å²) in [5.41, 5.74) is 0.688. The first-order valence-electron chi connectivity index (χ1n) is 6.17. The van der Waals surface area contributed by atoms with Crippen LogP contribution in [0.4, 0.5) is 10.5 Å². The van der Waals surface area contributed by atoms with Crippen molar-refractivity contribution in [3.63, 3.8) is 0 Å². The number of anilines is 1. The predicted octanol–water partition coefficient (Wildman–Crippen LogP) is 2.67. The third kappa shape index (κ3) is 4.54.